The van der Waals surface area contributed by atoms with Gasteiger partial charge in [-0.2, -0.15) is 0 Å². The van der Waals surface area contributed by atoms with E-state index >= 15 is 0 Å². The van der Waals surface area contributed by atoms with Crippen LogP contribution >= 0.6 is 11.6 Å². The Labute approximate surface area is 197 Å². The first kappa shape index (κ1) is 23.2. The molecule has 0 aliphatic carbocycles. The first-order valence-electron chi connectivity index (χ1n) is 10.8. The van der Waals surface area contributed by atoms with Gasteiger partial charge in [-0.15, -0.1) is 5.06 Å². The summed E-state index contributed by atoms with van der Waals surface area (Å²) in [7, 11) is 1.64. The van der Waals surface area contributed by atoms with Gasteiger partial charge >= 0.3 is 6.09 Å². The molecule has 2 amide bonds. The zero-order valence-electron chi connectivity index (χ0n) is 18.3. The second kappa shape index (κ2) is 10.3. The highest BCUT2D eigenvalue weighted by molar-refractivity contribution is 6.30. The van der Waals surface area contributed by atoms with Crippen LogP contribution in [0.25, 0.3) is 0 Å². The van der Waals surface area contributed by atoms with Crippen LogP contribution in [-0.2, 0) is 9.63 Å². The Balaban J connectivity index is 1.34. The number of piperazine rings is 1. The summed E-state index contributed by atoms with van der Waals surface area (Å²) in [4.78, 5) is 34.8. The molecular weight excluding hydrogens is 448 g/mol. The van der Waals surface area contributed by atoms with E-state index in [2.05, 4.69) is 10.2 Å². The third kappa shape index (κ3) is 5.50. The van der Waals surface area contributed by atoms with Crippen molar-refractivity contribution >= 4 is 35.0 Å². The molecule has 2 aliphatic rings. The molecule has 0 bridgehead atoms. The van der Waals surface area contributed by atoms with E-state index < -0.39 is 18.2 Å². The number of carbonyl (C=O) groups is 2. The molecule has 0 saturated carbocycles. The zero-order chi connectivity index (χ0) is 23.4. The van der Waals surface area contributed by atoms with Gasteiger partial charge in [0.1, 0.15) is 11.8 Å². The Kier molecular flexibility index (Phi) is 7.22. The monoisotopic (exact) mass is 474 g/mol. The van der Waals surface area contributed by atoms with E-state index in [1.165, 1.54) is 5.06 Å². The lowest BCUT2D eigenvalue weighted by molar-refractivity contribution is -0.155. The second-order valence-corrected chi connectivity index (χ2v) is 8.44. The summed E-state index contributed by atoms with van der Waals surface area (Å²) in [5.74, 6) is 0.632. The first-order chi connectivity index (χ1) is 15.9. The predicted molar refractivity (Wildman–Crippen MR) is 124 cm³/mol. The van der Waals surface area contributed by atoms with Crippen molar-refractivity contribution in [3.05, 3.63) is 53.6 Å². The number of hydrogen-bond donors (Lipinski definition) is 2. The molecule has 2 saturated heterocycles. The number of amides is 2. The number of para-hydroxylation sites is 2. The number of nitrogens with zero attached hydrogens (tertiary/aromatic N) is 3. The van der Waals surface area contributed by atoms with E-state index in [4.69, 9.17) is 21.2 Å². The highest BCUT2D eigenvalue weighted by Crippen LogP contribution is 2.29. The average molecular weight is 475 g/mol. The number of hydroxylamine groups is 2. The van der Waals surface area contributed by atoms with Crippen LogP contribution in [0.1, 0.15) is 6.42 Å². The van der Waals surface area contributed by atoms with Crippen molar-refractivity contribution in [3.8, 4) is 5.75 Å². The molecule has 0 aromatic heterocycles. The van der Waals surface area contributed by atoms with Crippen molar-refractivity contribution in [2.45, 2.75) is 18.6 Å². The quantitative estimate of drug-likeness (QED) is 0.687. The van der Waals surface area contributed by atoms with E-state index in [0.29, 0.717) is 36.9 Å². The Morgan fingerprint density at radius 3 is 2.45 bits per heavy atom. The minimum absolute atomic E-state index is 0.0750. The van der Waals surface area contributed by atoms with Crippen molar-refractivity contribution in [1.29, 1.82) is 0 Å². The largest absolute Gasteiger partial charge is 0.495 e. The van der Waals surface area contributed by atoms with Crippen molar-refractivity contribution in [2.75, 3.05) is 50.1 Å². The average Bonchev–Trinajstić information content (AvgIpc) is 3.19. The second-order valence-electron chi connectivity index (χ2n) is 8.00. The van der Waals surface area contributed by atoms with Gasteiger partial charge in [0.05, 0.1) is 25.4 Å². The van der Waals surface area contributed by atoms with E-state index in [-0.39, 0.29) is 18.9 Å². The predicted octanol–water partition coefficient (Wildman–Crippen LogP) is 2.60. The molecule has 10 heteroatoms. The number of carbonyl (C=O) groups excluding carboxylic acids is 2. The standard InChI is InChI=1S/C23H27ClN4O5/c1-32-21-5-3-2-4-19(21)26-10-12-27(13-11-26)22(30)20-14-18(29)15-28(20)33-23(31)25-17-8-6-16(24)7-9-17/h2-9,18,20,29H,10-15H2,1H3,(H,25,31)/t18-,20-/m1/s1. The lowest BCUT2D eigenvalue weighted by Gasteiger charge is -2.38. The Morgan fingerprint density at radius 2 is 1.76 bits per heavy atom. The fourth-order valence-electron chi connectivity index (χ4n) is 4.16. The fraction of sp³-hybridized carbons (Fsp3) is 0.391. The van der Waals surface area contributed by atoms with Gasteiger partial charge in [0.25, 0.3) is 0 Å². The molecule has 176 valence electrons. The summed E-state index contributed by atoms with van der Waals surface area (Å²) in [6.45, 7) is 2.42. The summed E-state index contributed by atoms with van der Waals surface area (Å²) < 4.78 is 5.45. The molecule has 0 unspecified atom stereocenters. The molecule has 9 nitrogen and oxygen atoms in total. The molecule has 2 aromatic rings. The number of β-amino-alcohol motifs (C(OH)–C–C–N with tert-alkyl or cyclic N) is 1. The summed E-state index contributed by atoms with van der Waals surface area (Å²) in [5.41, 5.74) is 1.51. The van der Waals surface area contributed by atoms with E-state index in [0.717, 1.165) is 11.4 Å². The summed E-state index contributed by atoms with van der Waals surface area (Å²) in [6, 6.07) is 13.6. The van der Waals surface area contributed by atoms with Gasteiger partial charge in [0.2, 0.25) is 5.91 Å². The third-order valence-electron chi connectivity index (χ3n) is 5.83. The summed E-state index contributed by atoms with van der Waals surface area (Å²) >= 11 is 5.86. The minimum atomic E-state index is -0.753. The maximum atomic E-state index is 13.2. The Morgan fingerprint density at radius 1 is 1.06 bits per heavy atom. The fourth-order valence-corrected chi connectivity index (χ4v) is 4.29. The Bertz CT molecular complexity index is 981. The normalized spacial score (nSPS) is 21.1. The number of aliphatic hydroxyl groups excluding tert-OH is 1. The van der Waals surface area contributed by atoms with Gasteiger partial charge in [-0.25, -0.2) is 4.79 Å². The van der Waals surface area contributed by atoms with Crippen molar-refractivity contribution in [1.82, 2.24) is 9.96 Å². The van der Waals surface area contributed by atoms with E-state index in [1.54, 1.807) is 36.3 Å². The molecule has 0 radical (unpaired) electrons. The molecule has 0 spiro atoms. The Hall–Kier alpha value is -3.01. The van der Waals surface area contributed by atoms with Crippen LogP contribution in [0.4, 0.5) is 16.2 Å². The third-order valence-corrected chi connectivity index (χ3v) is 6.08. The van der Waals surface area contributed by atoms with Gasteiger partial charge in [0.15, 0.2) is 0 Å². The van der Waals surface area contributed by atoms with Crippen molar-refractivity contribution in [3.63, 3.8) is 0 Å². The molecule has 33 heavy (non-hydrogen) atoms. The number of hydrogen-bond acceptors (Lipinski definition) is 7. The minimum Gasteiger partial charge on any atom is -0.495 e. The number of rotatable bonds is 5. The van der Waals surface area contributed by atoms with Gasteiger partial charge in [0, 0.05) is 43.3 Å². The summed E-state index contributed by atoms with van der Waals surface area (Å²) in [5, 5.41) is 14.6. The van der Waals surface area contributed by atoms with Crippen LogP contribution in [-0.4, -0.2) is 79.0 Å². The van der Waals surface area contributed by atoms with E-state index in [9.17, 15) is 14.7 Å². The number of halogens is 1. The van der Waals surface area contributed by atoms with E-state index in [1.807, 2.05) is 24.3 Å². The van der Waals surface area contributed by atoms with Gasteiger partial charge in [-0.05, 0) is 36.4 Å². The van der Waals surface area contributed by atoms with Crippen LogP contribution in [0.3, 0.4) is 0 Å². The van der Waals surface area contributed by atoms with Crippen LogP contribution in [0.15, 0.2) is 48.5 Å². The van der Waals surface area contributed by atoms with Crippen molar-refractivity contribution < 1.29 is 24.3 Å². The van der Waals surface area contributed by atoms with Crippen LogP contribution in [0.2, 0.25) is 5.02 Å². The molecule has 2 fully saturated rings. The SMILES string of the molecule is COc1ccccc1N1CCN(C(=O)[C@H]2C[C@@H](O)CN2OC(=O)Nc2ccc(Cl)cc2)CC1. The molecule has 2 aromatic carbocycles. The number of methoxy groups -OCH3 is 1. The van der Waals surface area contributed by atoms with Gasteiger partial charge in [-0.3, -0.25) is 10.1 Å². The van der Waals surface area contributed by atoms with Crippen LogP contribution in [0.5, 0.6) is 5.75 Å². The molecule has 2 atom stereocenters. The number of aliphatic hydroxyl groups is 1. The maximum absolute atomic E-state index is 13.2. The highest BCUT2D eigenvalue weighted by atomic mass is 35.5. The van der Waals surface area contributed by atoms with Crippen molar-refractivity contribution in [2.24, 2.45) is 0 Å². The molecular formula is C23H27ClN4O5. The highest BCUT2D eigenvalue weighted by Gasteiger charge is 2.41. The molecule has 4 rings (SSSR count). The number of anilines is 2. The topological polar surface area (TPSA) is 94.6 Å². The smallest absolute Gasteiger partial charge is 0.430 e. The summed E-state index contributed by atoms with van der Waals surface area (Å²) in [6.07, 6.45) is -1.28. The molecule has 2 heterocycles. The van der Waals surface area contributed by atoms with Crippen LogP contribution < -0.4 is 15.0 Å². The lowest BCUT2D eigenvalue weighted by Crippen LogP contribution is -2.54. The number of nitrogens with one attached hydrogen (secondary N) is 1. The van der Waals surface area contributed by atoms with Gasteiger partial charge < -0.3 is 24.5 Å². The zero-order valence-corrected chi connectivity index (χ0v) is 19.1. The van der Waals surface area contributed by atoms with Crippen LogP contribution in [0, 0.1) is 0 Å². The number of ether oxygens (including phenoxy) is 1. The number of benzene rings is 2. The maximum Gasteiger partial charge on any atom is 0.430 e. The first-order valence-corrected chi connectivity index (χ1v) is 11.2. The van der Waals surface area contributed by atoms with Gasteiger partial charge in [-0.1, -0.05) is 23.7 Å². The molecule has 2 N–H and O–H groups in total. The lowest BCUT2D eigenvalue weighted by atomic mass is 10.1. The molecule has 2 aliphatic heterocycles.